The van der Waals surface area contributed by atoms with E-state index in [0.717, 1.165) is 12.8 Å². The molecule has 1 aromatic heterocycles. The second-order valence-corrected chi connectivity index (χ2v) is 9.63. The van der Waals surface area contributed by atoms with Crippen molar-refractivity contribution in [1.82, 2.24) is 14.9 Å². The van der Waals surface area contributed by atoms with E-state index in [0.29, 0.717) is 42.1 Å². The molecule has 1 saturated carbocycles. The van der Waals surface area contributed by atoms with Gasteiger partial charge < -0.3 is 5.32 Å². The maximum Gasteiger partial charge on any atom is 0.283 e. The van der Waals surface area contributed by atoms with Crippen LogP contribution in [0.25, 0.3) is 0 Å². The van der Waals surface area contributed by atoms with E-state index >= 15 is 0 Å². The van der Waals surface area contributed by atoms with Gasteiger partial charge in [0.2, 0.25) is 0 Å². The highest BCUT2D eigenvalue weighted by molar-refractivity contribution is 9.18. The number of hydrogen-bond acceptors (Lipinski definition) is 3. The first-order chi connectivity index (χ1) is 13.8. The number of hydrogen-bond donors (Lipinski definition) is 1. The average molecular weight is 560 g/mol. The monoisotopic (exact) mass is 557 g/mol. The van der Waals surface area contributed by atoms with Gasteiger partial charge in [0.1, 0.15) is 16.8 Å². The molecular formula is C20H17Br2Cl2N4O+. The number of pyridine rings is 1. The Balaban J connectivity index is 1.91. The molecule has 2 unspecified atom stereocenters. The van der Waals surface area contributed by atoms with Crippen LogP contribution in [-0.4, -0.2) is 21.6 Å². The number of quaternary nitrogens is 1. The van der Waals surface area contributed by atoms with Crippen LogP contribution in [0.1, 0.15) is 30.1 Å². The molecular weight excluding hydrogens is 543 g/mol. The molecule has 1 amide bonds. The van der Waals surface area contributed by atoms with E-state index in [1.54, 1.807) is 36.5 Å². The van der Waals surface area contributed by atoms with E-state index in [1.807, 2.05) is 13.1 Å². The quantitative estimate of drug-likeness (QED) is 0.422. The zero-order valence-electron chi connectivity index (χ0n) is 15.4. The maximum absolute atomic E-state index is 13.3. The molecule has 1 fully saturated rings. The molecule has 1 aliphatic heterocycles. The molecule has 1 aromatic carbocycles. The molecule has 0 radical (unpaired) electrons. The second kappa shape index (κ2) is 8.12. The molecule has 150 valence electrons. The molecule has 2 aromatic rings. The van der Waals surface area contributed by atoms with Gasteiger partial charge in [0.15, 0.2) is 10.3 Å². The van der Waals surface area contributed by atoms with Crippen LogP contribution < -0.4 is 9.91 Å². The summed E-state index contributed by atoms with van der Waals surface area (Å²) in [5.41, 5.74) is 0.996. The van der Waals surface area contributed by atoms with Crippen molar-refractivity contribution in [2.24, 2.45) is 11.0 Å². The smallest absolute Gasteiger partial charge is 0.283 e. The SMILES string of the molecule is CC(NC(=O)c1cc(Cl)cc(Br)c1[N+]1(c2ncccc2Cl)C=CC(Br)=N1)C1CC1. The minimum atomic E-state index is -0.209. The van der Waals surface area contributed by atoms with E-state index in [4.69, 9.17) is 28.3 Å². The van der Waals surface area contributed by atoms with Crippen molar-refractivity contribution >= 4 is 77.1 Å². The minimum Gasteiger partial charge on any atom is -0.349 e. The van der Waals surface area contributed by atoms with Gasteiger partial charge in [-0.3, -0.25) is 4.79 Å². The van der Waals surface area contributed by atoms with Crippen LogP contribution >= 0.6 is 55.1 Å². The van der Waals surface area contributed by atoms with Crippen LogP contribution in [0.15, 0.2) is 52.3 Å². The van der Waals surface area contributed by atoms with Crippen molar-refractivity contribution < 1.29 is 4.79 Å². The summed E-state index contributed by atoms with van der Waals surface area (Å²) in [5, 5.41) is 8.72. The van der Waals surface area contributed by atoms with Crippen molar-refractivity contribution in [2.75, 3.05) is 0 Å². The number of allylic oxidation sites excluding steroid dienone is 1. The Morgan fingerprint density at radius 2 is 2.07 bits per heavy atom. The fourth-order valence-corrected chi connectivity index (χ4v) is 5.15. The largest absolute Gasteiger partial charge is 0.349 e. The van der Waals surface area contributed by atoms with Crippen molar-refractivity contribution in [3.8, 4) is 0 Å². The molecule has 2 heterocycles. The summed E-state index contributed by atoms with van der Waals surface area (Å²) in [5.74, 6) is 0.795. The van der Waals surface area contributed by atoms with E-state index in [-0.39, 0.29) is 16.5 Å². The number of aromatic nitrogens is 1. The number of nitrogens with one attached hydrogen (secondary N) is 1. The lowest BCUT2D eigenvalue weighted by Crippen LogP contribution is -2.38. The van der Waals surface area contributed by atoms with Gasteiger partial charge in [-0.15, -0.1) is 0 Å². The second-order valence-electron chi connectivity index (χ2n) is 7.12. The van der Waals surface area contributed by atoms with Crippen LogP contribution in [0.3, 0.4) is 0 Å². The third-order valence-electron chi connectivity index (χ3n) is 5.04. The molecule has 9 heteroatoms. The molecule has 2 atom stereocenters. The van der Waals surface area contributed by atoms with Gasteiger partial charge in [-0.25, -0.2) is 4.98 Å². The predicted molar refractivity (Wildman–Crippen MR) is 125 cm³/mol. The number of rotatable bonds is 5. The van der Waals surface area contributed by atoms with Gasteiger partial charge in [0, 0.05) is 23.3 Å². The Kier molecular flexibility index (Phi) is 5.88. The van der Waals surface area contributed by atoms with Gasteiger partial charge in [-0.1, -0.05) is 32.9 Å². The minimum absolute atomic E-state index is 0.0874. The van der Waals surface area contributed by atoms with Gasteiger partial charge in [-0.05, 0) is 81.8 Å². The standard InChI is InChI=1S/C20H16Br2Cl2N4O/c1-11(12-4-5-12)26-20(29)14-9-13(23)10-15(21)18(14)28(8-6-17(22)27-28)19-16(24)3-2-7-25-19/h2-3,6-12H,4-5H2,1H3/p+1. The third-order valence-corrected chi connectivity index (χ3v) is 6.59. The molecule has 1 aliphatic carbocycles. The summed E-state index contributed by atoms with van der Waals surface area (Å²) in [4.78, 5) is 17.8. The van der Waals surface area contributed by atoms with Crippen LogP contribution in [0, 0.1) is 5.92 Å². The Bertz CT molecular complexity index is 1050. The number of carbonyl (C=O) groups is 1. The Hall–Kier alpha value is -1.25. The lowest BCUT2D eigenvalue weighted by atomic mass is 10.1. The number of nitrogens with zero attached hydrogens (tertiary/aromatic N) is 3. The van der Waals surface area contributed by atoms with E-state index in [1.165, 1.54) is 0 Å². The maximum atomic E-state index is 13.3. The van der Waals surface area contributed by atoms with Crippen LogP contribution in [-0.2, 0) is 0 Å². The number of benzene rings is 1. The molecule has 0 bridgehead atoms. The van der Waals surface area contributed by atoms with E-state index < -0.39 is 0 Å². The summed E-state index contributed by atoms with van der Waals surface area (Å²) in [6, 6.07) is 6.98. The van der Waals surface area contributed by atoms with Crippen molar-refractivity contribution in [3.63, 3.8) is 0 Å². The normalized spacial score (nSPS) is 21.8. The summed E-state index contributed by atoms with van der Waals surface area (Å²) in [7, 11) is 0. The highest BCUT2D eigenvalue weighted by Gasteiger charge is 2.44. The number of carbonyl (C=O) groups excluding carboxylic acids is 1. The van der Waals surface area contributed by atoms with Crippen LogP contribution in [0.2, 0.25) is 10.0 Å². The summed E-state index contributed by atoms with van der Waals surface area (Å²) in [6.45, 7) is 2.03. The van der Waals surface area contributed by atoms with Crippen molar-refractivity contribution in [2.45, 2.75) is 25.8 Å². The first-order valence-corrected chi connectivity index (χ1v) is 11.4. The molecule has 5 nitrogen and oxygen atoms in total. The number of halogens is 4. The highest BCUT2D eigenvalue weighted by atomic mass is 79.9. The van der Waals surface area contributed by atoms with Gasteiger partial charge in [-0.2, -0.15) is 0 Å². The van der Waals surface area contributed by atoms with Crippen molar-refractivity contribution in [1.29, 1.82) is 0 Å². The third kappa shape index (κ3) is 4.03. The van der Waals surface area contributed by atoms with Gasteiger partial charge in [0.05, 0.1) is 4.47 Å². The van der Waals surface area contributed by atoms with Gasteiger partial charge >= 0.3 is 0 Å². The molecule has 0 saturated heterocycles. The van der Waals surface area contributed by atoms with Crippen LogP contribution in [0.5, 0.6) is 0 Å². The summed E-state index contributed by atoms with van der Waals surface area (Å²) in [6.07, 6.45) is 7.55. The first kappa shape index (κ1) is 21.0. The lowest BCUT2D eigenvalue weighted by molar-refractivity contribution is 0.0935. The topological polar surface area (TPSA) is 54.4 Å². The molecule has 0 spiro atoms. The highest BCUT2D eigenvalue weighted by Crippen LogP contribution is 2.48. The zero-order valence-corrected chi connectivity index (χ0v) is 20.1. The fourth-order valence-electron chi connectivity index (χ4n) is 3.45. The molecule has 1 N–H and O–H groups in total. The Morgan fingerprint density at radius 3 is 2.69 bits per heavy atom. The molecule has 4 rings (SSSR count). The molecule has 29 heavy (non-hydrogen) atoms. The average Bonchev–Trinajstić information content (AvgIpc) is 3.44. The number of amides is 1. The van der Waals surface area contributed by atoms with Crippen molar-refractivity contribution in [3.05, 3.63) is 62.8 Å². The fraction of sp³-hybridized carbons (Fsp3) is 0.250. The van der Waals surface area contributed by atoms with E-state index in [2.05, 4.69) is 42.2 Å². The van der Waals surface area contributed by atoms with E-state index in [9.17, 15) is 4.79 Å². The molecule has 2 aliphatic rings. The zero-order chi connectivity index (χ0) is 20.8. The van der Waals surface area contributed by atoms with Crippen LogP contribution in [0.4, 0.5) is 11.5 Å². The first-order valence-electron chi connectivity index (χ1n) is 9.07. The Morgan fingerprint density at radius 1 is 1.31 bits per heavy atom. The summed E-state index contributed by atoms with van der Waals surface area (Å²) >= 11 is 19.8. The lowest BCUT2D eigenvalue weighted by Gasteiger charge is -2.27. The summed E-state index contributed by atoms with van der Waals surface area (Å²) < 4.78 is 1.05. The van der Waals surface area contributed by atoms with Gasteiger partial charge in [0.25, 0.3) is 11.7 Å². The predicted octanol–water partition coefficient (Wildman–Crippen LogP) is 6.55. The Labute approximate surface area is 195 Å².